The van der Waals surface area contributed by atoms with Crippen molar-refractivity contribution in [1.29, 1.82) is 0 Å². The van der Waals surface area contributed by atoms with Gasteiger partial charge in [-0.2, -0.15) is 0 Å². The maximum Gasteiger partial charge on any atom is 0.212 e. The molecule has 1 saturated heterocycles. The van der Waals surface area contributed by atoms with Crippen LogP contribution in [0, 0.1) is 31.5 Å². The number of nitrogens with zero attached hydrogens (tertiary/aromatic N) is 2. The Morgan fingerprint density at radius 1 is 1.00 bits per heavy atom. The molecule has 0 bridgehead atoms. The van der Waals surface area contributed by atoms with Gasteiger partial charge in [0.2, 0.25) is 15.3 Å². The Bertz CT molecular complexity index is 1370. The smallest absolute Gasteiger partial charge is 0.212 e. The molecule has 1 aliphatic heterocycles. The number of piperidine rings is 1. The third-order valence-corrected chi connectivity index (χ3v) is 8.25. The van der Waals surface area contributed by atoms with Gasteiger partial charge in [0.25, 0.3) is 0 Å². The highest BCUT2D eigenvalue weighted by atomic mass is 32.2. The van der Waals surface area contributed by atoms with E-state index >= 15 is 4.39 Å². The zero-order valence-electron chi connectivity index (χ0n) is 19.1. The lowest BCUT2D eigenvalue weighted by atomic mass is 9.91. The van der Waals surface area contributed by atoms with Gasteiger partial charge in [0.15, 0.2) is 0 Å². The molecule has 1 aromatic heterocycles. The number of fused-ring (bicyclic) bond motifs is 1. The largest absolute Gasteiger partial charge is 0.369 e. The van der Waals surface area contributed by atoms with E-state index < -0.39 is 21.1 Å². The molecule has 0 saturated carbocycles. The van der Waals surface area contributed by atoms with Crippen molar-refractivity contribution >= 4 is 26.4 Å². The summed E-state index contributed by atoms with van der Waals surface area (Å²) < 4.78 is 43.6. The summed E-state index contributed by atoms with van der Waals surface area (Å²) in [6, 6.07) is 7.98. The van der Waals surface area contributed by atoms with Gasteiger partial charge >= 0.3 is 0 Å². The van der Waals surface area contributed by atoms with Gasteiger partial charge in [-0.25, -0.2) is 12.8 Å². The van der Waals surface area contributed by atoms with Crippen molar-refractivity contribution in [2.45, 2.75) is 43.9 Å². The first-order chi connectivity index (χ1) is 15.0. The normalized spacial score (nSPS) is 19.5. The number of aryl methyl sites for hydroxylation is 3. The number of halogens is 1. The van der Waals surface area contributed by atoms with E-state index in [0.29, 0.717) is 28.6 Å². The van der Waals surface area contributed by atoms with Crippen molar-refractivity contribution in [3.63, 3.8) is 0 Å². The van der Waals surface area contributed by atoms with Crippen LogP contribution in [0.15, 0.2) is 51.1 Å². The Labute approximate surface area is 188 Å². The molecule has 0 spiro atoms. The summed E-state index contributed by atoms with van der Waals surface area (Å²) in [6.07, 6.45) is 2.45. The Hall–Kier alpha value is -2.67. The average molecular weight is 457 g/mol. The number of anilines is 1. The first kappa shape index (κ1) is 22.5. The standard InChI is InChI=1S/C25H29FN2O3S/c1-15-6-7-18(4)23(9-15)32(30,31)24-14-27(5)21-11-22(20(26)10-19(21)25(24)29)28-12-16(2)8-17(3)13-28/h6-7,9-11,14,16-17H,8,12-13H2,1-5H3/t16-,17-/m0/s1. The highest BCUT2D eigenvalue weighted by molar-refractivity contribution is 7.91. The first-order valence-electron chi connectivity index (χ1n) is 10.9. The minimum atomic E-state index is -4.06. The topological polar surface area (TPSA) is 59.4 Å². The third kappa shape index (κ3) is 3.83. The maximum atomic E-state index is 15.2. The number of hydrogen-bond acceptors (Lipinski definition) is 4. The van der Waals surface area contributed by atoms with E-state index in [0.717, 1.165) is 25.1 Å². The lowest BCUT2D eigenvalue weighted by Gasteiger charge is -2.36. The minimum absolute atomic E-state index is 0.0678. The fraction of sp³-hybridized carbons (Fsp3) is 0.400. The molecule has 5 nitrogen and oxygen atoms in total. The van der Waals surface area contributed by atoms with Gasteiger partial charge in [-0.3, -0.25) is 4.79 Å². The monoisotopic (exact) mass is 456 g/mol. The Balaban J connectivity index is 1.89. The van der Waals surface area contributed by atoms with Crippen LogP contribution in [0.1, 0.15) is 31.4 Å². The molecule has 2 atom stereocenters. The number of pyridine rings is 1. The molecule has 2 aromatic carbocycles. The van der Waals surface area contributed by atoms with Crippen molar-refractivity contribution in [2.24, 2.45) is 18.9 Å². The molecule has 32 heavy (non-hydrogen) atoms. The van der Waals surface area contributed by atoms with Gasteiger partial charge in [-0.05, 0) is 61.4 Å². The minimum Gasteiger partial charge on any atom is -0.369 e. The van der Waals surface area contributed by atoms with E-state index in [1.165, 1.54) is 12.3 Å². The summed E-state index contributed by atoms with van der Waals surface area (Å²) in [5, 5.41) is 0.0678. The van der Waals surface area contributed by atoms with Crippen LogP contribution in [0.25, 0.3) is 10.9 Å². The molecule has 0 amide bonds. The molecule has 7 heteroatoms. The second-order valence-electron chi connectivity index (χ2n) is 9.38. The van der Waals surface area contributed by atoms with Crippen LogP contribution in [0.2, 0.25) is 0 Å². The van der Waals surface area contributed by atoms with Gasteiger partial charge < -0.3 is 9.47 Å². The summed E-state index contributed by atoms with van der Waals surface area (Å²) in [4.78, 5) is 15.1. The third-order valence-electron chi connectivity index (χ3n) is 6.36. The van der Waals surface area contributed by atoms with Crippen molar-refractivity contribution in [3.8, 4) is 0 Å². The van der Waals surface area contributed by atoms with E-state index in [-0.39, 0.29) is 15.2 Å². The molecule has 1 aliphatic rings. The number of rotatable bonds is 3. The van der Waals surface area contributed by atoms with E-state index in [4.69, 9.17) is 0 Å². The van der Waals surface area contributed by atoms with E-state index in [1.807, 2.05) is 11.0 Å². The maximum absolute atomic E-state index is 15.2. The van der Waals surface area contributed by atoms with Gasteiger partial charge in [0, 0.05) is 26.3 Å². The molecule has 0 aliphatic carbocycles. The van der Waals surface area contributed by atoms with Gasteiger partial charge in [-0.15, -0.1) is 0 Å². The zero-order chi connectivity index (χ0) is 23.4. The van der Waals surface area contributed by atoms with Crippen molar-refractivity contribution in [1.82, 2.24) is 4.57 Å². The molecule has 1 fully saturated rings. The lowest BCUT2D eigenvalue weighted by molar-refractivity contribution is 0.354. The Kier molecular flexibility index (Phi) is 5.65. The predicted octanol–water partition coefficient (Wildman–Crippen LogP) is 4.61. The Morgan fingerprint density at radius 2 is 1.66 bits per heavy atom. The highest BCUT2D eigenvalue weighted by Crippen LogP contribution is 2.31. The summed E-state index contributed by atoms with van der Waals surface area (Å²) >= 11 is 0. The van der Waals surface area contributed by atoms with Crippen molar-refractivity contribution in [2.75, 3.05) is 18.0 Å². The summed E-state index contributed by atoms with van der Waals surface area (Å²) in [5.41, 5.74) is 1.64. The molecule has 3 aromatic rings. The van der Waals surface area contributed by atoms with Crippen LogP contribution in [-0.2, 0) is 16.9 Å². The van der Waals surface area contributed by atoms with E-state index in [9.17, 15) is 13.2 Å². The fourth-order valence-corrected chi connectivity index (χ4v) is 6.59. The molecule has 0 N–H and O–H groups in total. The number of sulfone groups is 1. The van der Waals surface area contributed by atoms with Crippen molar-refractivity contribution in [3.05, 3.63) is 63.7 Å². The Morgan fingerprint density at radius 3 is 2.31 bits per heavy atom. The molecule has 170 valence electrons. The lowest BCUT2D eigenvalue weighted by Crippen LogP contribution is -2.39. The summed E-state index contributed by atoms with van der Waals surface area (Å²) in [5.74, 6) is 0.391. The molecular weight excluding hydrogens is 427 g/mol. The van der Waals surface area contributed by atoms with Crippen molar-refractivity contribution < 1.29 is 12.8 Å². The molecule has 0 unspecified atom stereocenters. The first-order valence-corrected chi connectivity index (χ1v) is 12.4. The predicted molar refractivity (Wildman–Crippen MR) is 126 cm³/mol. The number of benzene rings is 2. The highest BCUT2D eigenvalue weighted by Gasteiger charge is 2.28. The van der Waals surface area contributed by atoms with Gasteiger partial charge in [-0.1, -0.05) is 26.0 Å². The second-order valence-corrected chi connectivity index (χ2v) is 11.3. The molecular formula is C25H29FN2O3S. The SMILES string of the molecule is Cc1ccc(C)c(S(=O)(=O)c2cn(C)c3cc(N4C[C@@H](C)C[C@H](C)C4)c(F)cc3c2=O)c1. The second kappa shape index (κ2) is 8.03. The number of aromatic nitrogens is 1. The van der Waals surface area contributed by atoms with E-state index in [1.54, 1.807) is 43.7 Å². The summed E-state index contributed by atoms with van der Waals surface area (Å²) in [6.45, 7) is 9.31. The zero-order valence-corrected chi connectivity index (χ0v) is 20.0. The van der Waals surface area contributed by atoms with Crippen LogP contribution in [0.4, 0.5) is 10.1 Å². The van der Waals surface area contributed by atoms with Gasteiger partial charge in [0.05, 0.1) is 21.5 Å². The van der Waals surface area contributed by atoms with Crippen LogP contribution in [0.3, 0.4) is 0 Å². The molecule has 4 rings (SSSR count). The summed E-state index contributed by atoms with van der Waals surface area (Å²) in [7, 11) is -2.37. The number of hydrogen-bond donors (Lipinski definition) is 0. The quantitative estimate of drug-likeness (QED) is 0.578. The van der Waals surface area contributed by atoms with Crippen LogP contribution in [-0.4, -0.2) is 26.1 Å². The van der Waals surface area contributed by atoms with Crippen LogP contribution in [0.5, 0.6) is 0 Å². The van der Waals surface area contributed by atoms with Crippen LogP contribution < -0.4 is 10.3 Å². The van der Waals surface area contributed by atoms with E-state index in [2.05, 4.69) is 13.8 Å². The average Bonchev–Trinajstić information content (AvgIpc) is 2.71. The van der Waals surface area contributed by atoms with Crippen LogP contribution >= 0.6 is 0 Å². The molecule has 0 radical (unpaired) electrons. The molecule has 2 heterocycles. The van der Waals surface area contributed by atoms with Gasteiger partial charge in [0.1, 0.15) is 10.7 Å². The fourth-order valence-electron chi connectivity index (χ4n) is 4.87.